The molecule has 1 saturated heterocycles. The monoisotopic (exact) mass is 757 g/mol. The Hall–Kier alpha value is -3.55. The number of fused-ring (bicyclic) bond motifs is 1. The van der Waals surface area contributed by atoms with Crippen LogP contribution in [0, 0.1) is 35.5 Å². The van der Waals surface area contributed by atoms with E-state index in [2.05, 4.69) is 22.9 Å². The highest BCUT2D eigenvalue weighted by molar-refractivity contribution is 5.90. The number of aliphatic carboxylic acids is 1. The number of hydrogen-bond donors (Lipinski definition) is 4. The van der Waals surface area contributed by atoms with E-state index in [0.717, 1.165) is 12.0 Å². The average molecular weight is 758 g/mol. The van der Waals surface area contributed by atoms with Gasteiger partial charge in [-0.05, 0) is 48.6 Å². The number of nitrogens with one attached hydrogen (secondary N) is 3. The van der Waals surface area contributed by atoms with Gasteiger partial charge in [0.2, 0.25) is 23.6 Å². The Bertz CT molecular complexity index is 1430. The predicted molar refractivity (Wildman–Crippen MR) is 207 cm³/mol. The van der Waals surface area contributed by atoms with Crippen LogP contribution in [0.25, 0.3) is 0 Å². The number of amides is 4. The van der Waals surface area contributed by atoms with E-state index >= 15 is 0 Å². The van der Waals surface area contributed by atoms with E-state index in [1.54, 1.807) is 33.0 Å². The second kappa shape index (κ2) is 19.9. The summed E-state index contributed by atoms with van der Waals surface area (Å²) in [7, 11) is 6.51. The van der Waals surface area contributed by atoms with E-state index < -0.39 is 60.2 Å². The van der Waals surface area contributed by atoms with Gasteiger partial charge in [-0.15, -0.1) is 0 Å². The SMILES string of the molecule is CC[C@H](C)[C@@H]([C@@H](CC(=O)N1[C@H]2[C@@H](C)[C@H]2C[C@H]1[C@H](OC)[C@@H](C)C(=O)N[C@@H](Cc1ccccc1)C(=O)O)OC)N(C)C(=O)[C@@H](NC(=O)[C@@H](NC)C(C)C)C(C)C. The minimum atomic E-state index is -1.13. The maximum atomic E-state index is 14.5. The summed E-state index contributed by atoms with van der Waals surface area (Å²) in [5.41, 5.74) is 0.788. The lowest BCUT2D eigenvalue weighted by Crippen LogP contribution is -2.59. The largest absolute Gasteiger partial charge is 0.480 e. The topological polar surface area (TPSA) is 167 Å². The first kappa shape index (κ1) is 44.8. The smallest absolute Gasteiger partial charge is 0.326 e. The molecule has 1 aromatic carbocycles. The predicted octanol–water partition coefficient (Wildman–Crippen LogP) is 3.35. The zero-order chi connectivity index (χ0) is 40.6. The van der Waals surface area contributed by atoms with Crippen LogP contribution in [0.3, 0.4) is 0 Å². The maximum Gasteiger partial charge on any atom is 0.326 e. The maximum absolute atomic E-state index is 14.5. The number of piperidine rings is 1. The lowest BCUT2D eigenvalue weighted by Gasteiger charge is -2.41. The zero-order valence-corrected chi connectivity index (χ0v) is 34.5. The van der Waals surface area contributed by atoms with E-state index in [4.69, 9.17) is 9.47 Å². The van der Waals surface area contributed by atoms with Crippen molar-refractivity contribution >= 4 is 29.6 Å². The van der Waals surface area contributed by atoms with Crippen molar-refractivity contribution < 1.29 is 38.6 Å². The van der Waals surface area contributed by atoms with Crippen molar-refractivity contribution in [2.24, 2.45) is 35.5 Å². The van der Waals surface area contributed by atoms with Crippen LogP contribution in [-0.2, 0) is 39.9 Å². The molecule has 4 N–H and O–H groups in total. The first-order valence-corrected chi connectivity index (χ1v) is 19.6. The second-order valence-electron chi connectivity index (χ2n) is 16.2. The molecular formula is C41H67N5O8. The van der Waals surface area contributed by atoms with E-state index in [0.29, 0.717) is 6.42 Å². The number of methoxy groups -OCH3 is 2. The third-order valence-electron chi connectivity index (χ3n) is 12.0. The van der Waals surface area contributed by atoms with Crippen molar-refractivity contribution in [1.29, 1.82) is 0 Å². The van der Waals surface area contributed by atoms with Crippen molar-refractivity contribution in [3.8, 4) is 0 Å². The molecule has 1 heterocycles. The number of carboxylic acid groups (broad SMARTS) is 1. The van der Waals surface area contributed by atoms with Crippen LogP contribution in [0.15, 0.2) is 30.3 Å². The fourth-order valence-electron chi connectivity index (χ4n) is 8.54. The number of likely N-dealkylation sites (N-methyl/N-ethyl adjacent to an activating group) is 2. The molecule has 1 aromatic rings. The van der Waals surface area contributed by atoms with Gasteiger partial charge in [0.1, 0.15) is 12.1 Å². The molecular weight excluding hydrogens is 690 g/mol. The summed E-state index contributed by atoms with van der Waals surface area (Å²) in [4.78, 5) is 71.2. The Morgan fingerprint density at radius 2 is 1.54 bits per heavy atom. The molecule has 0 radical (unpaired) electrons. The van der Waals surface area contributed by atoms with Gasteiger partial charge in [-0.2, -0.15) is 0 Å². The molecule has 13 heteroatoms. The Morgan fingerprint density at radius 3 is 2.04 bits per heavy atom. The van der Waals surface area contributed by atoms with Crippen LogP contribution in [-0.4, -0.2) is 121 Å². The molecule has 2 fully saturated rings. The first-order valence-electron chi connectivity index (χ1n) is 19.6. The molecule has 0 spiro atoms. The fraction of sp³-hybridized carbons (Fsp3) is 0.732. The van der Waals surface area contributed by atoms with E-state index in [1.165, 1.54) is 7.11 Å². The molecule has 1 saturated carbocycles. The van der Waals surface area contributed by atoms with Gasteiger partial charge < -0.3 is 40.3 Å². The minimum Gasteiger partial charge on any atom is -0.480 e. The number of carbonyl (C=O) groups excluding carboxylic acids is 4. The van der Waals surface area contributed by atoms with Gasteiger partial charge in [0.15, 0.2) is 0 Å². The van der Waals surface area contributed by atoms with Crippen LogP contribution in [0.5, 0.6) is 0 Å². The summed E-state index contributed by atoms with van der Waals surface area (Å²) in [5.74, 6) is -2.67. The summed E-state index contributed by atoms with van der Waals surface area (Å²) in [6, 6.07) is 5.86. The fourth-order valence-corrected chi connectivity index (χ4v) is 8.54. The molecule has 0 aromatic heterocycles. The van der Waals surface area contributed by atoms with Crippen molar-refractivity contribution in [2.45, 2.75) is 130 Å². The molecule has 4 amide bonds. The summed E-state index contributed by atoms with van der Waals surface area (Å²) in [6.45, 7) is 15.6. The molecule has 13 nitrogen and oxygen atoms in total. The van der Waals surface area contributed by atoms with Crippen LogP contribution in [0.1, 0.15) is 80.2 Å². The number of likely N-dealkylation sites (tertiary alicyclic amines) is 1. The van der Waals surface area contributed by atoms with Crippen LogP contribution < -0.4 is 16.0 Å². The van der Waals surface area contributed by atoms with Gasteiger partial charge in [0, 0.05) is 33.7 Å². The quantitative estimate of drug-likeness (QED) is 0.147. The summed E-state index contributed by atoms with van der Waals surface area (Å²) in [6.07, 6.45) is 0.170. The van der Waals surface area contributed by atoms with E-state index in [1.807, 2.05) is 76.8 Å². The molecule has 0 bridgehead atoms. The van der Waals surface area contributed by atoms with Gasteiger partial charge in [-0.25, -0.2) is 4.79 Å². The summed E-state index contributed by atoms with van der Waals surface area (Å²) < 4.78 is 12.0. The molecule has 304 valence electrons. The first-order chi connectivity index (χ1) is 25.4. The summed E-state index contributed by atoms with van der Waals surface area (Å²) in [5, 5.41) is 18.7. The lowest BCUT2D eigenvalue weighted by molar-refractivity contribution is -0.149. The third-order valence-corrected chi connectivity index (χ3v) is 12.0. The number of carbonyl (C=O) groups is 5. The van der Waals surface area contributed by atoms with Crippen molar-refractivity contribution in [3.05, 3.63) is 35.9 Å². The normalized spacial score (nSPS) is 23.7. The second-order valence-corrected chi connectivity index (χ2v) is 16.2. The molecule has 12 atom stereocenters. The van der Waals surface area contributed by atoms with Gasteiger partial charge >= 0.3 is 5.97 Å². The van der Waals surface area contributed by atoms with Crippen LogP contribution in [0.2, 0.25) is 0 Å². The molecule has 2 aliphatic rings. The summed E-state index contributed by atoms with van der Waals surface area (Å²) >= 11 is 0. The standard InChI is InChI=1S/C41H67N5O8/c1-13-24(6)35(45(10)40(50)34(23(4)5)44-39(49)33(42-9)22(2)3)31(53-11)21-32(47)46-30(20-28-25(7)36(28)46)37(54-12)26(8)38(48)43-29(41(51)52)19-27-17-15-14-16-18-27/h14-18,22-26,28-31,33-37,42H,13,19-21H2,1-12H3,(H,43,48)(H,44,49)(H,51,52)/t24-,25-,26+,28+,29-,30-,31+,33-,34-,35-,36-,37+/m0/s1. The highest BCUT2D eigenvalue weighted by Gasteiger charge is 2.62. The van der Waals surface area contributed by atoms with Crippen LogP contribution in [0.4, 0.5) is 0 Å². The Kier molecular flexibility index (Phi) is 16.5. The number of carboxylic acids is 1. The molecule has 1 aliphatic carbocycles. The highest BCUT2D eigenvalue weighted by Crippen LogP contribution is 2.54. The number of nitrogens with zero attached hydrogens (tertiary/aromatic N) is 2. The van der Waals surface area contributed by atoms with E-state index in [9.17, 15) is 29.1 Å². The minimum absolute atomic E-state index is 0.00136. The molecule has 3 rings (SSSR count). The average Bonchev–Trinajstić information content (AvgIpc) is 3.56. The zero-order valence-electron chi connectivity index (χ0n) is 34.5. The van der Waals surface area contributed by atoms with Crippen molar-refractivity contribution in [1.82, 2.24) is 25.8 Å². The Labute approximate surface area is 322 Å². The molecule has 1 aliphatic heterocycles. The molecule has 0 unspecified atom stereocenters. The van der Waals surface area contributed by atoms with Gasteiger partial charge in [-0.3, -0.25) is 19.2 Å². The van der Waals surface area contributed by atoms with Crippen molar-refractivity contribution in [2.75, 3.05) is 28.3 Å². The van der Waals surface area contributed by atoms with Gasteiger partial charge in [0.05, 0.1) is 42.7 Å². The number of rotatable bonds is 21. The number of benzene rings is 1. The van der Waals surface area contributed by atoms with Crippen molar-refractivity contribution in [3.63, 3.8) is 0 Å². The highest BCUT2D eigenvalue weighted by atomic mass is 16.5. The lowest BCUT2D eigenvalue weighted by atomic mass is 9.89. The molecule has 54 heavy (non-hydrogen) atoms. The van der Waals surface area contributed by atoms with Crippen LogP contribution >= 0.6 is 0 Å². The Balaban J connectivity index is 1.83. The number of ether oxygens (including phenoxy) is 2. The van der Waals surface area contributed by atoms with Gasteiger partial charge in [-0.1, -0.05) is 92.1 Å². The third kappa shape index (κ3) is 10.4. The van der Waals surface area contributed by atoms with Gasteiger partial charge in [0.25, 0.3) is 0 Å². The number of hydrogen-bond acceptors (Lipinski definition) is 8. The Morgan fingerprint density at radius 1 is 0.926 bits per heavy atom. The van der Waals surface area contributed by atoms with E-state index in [-0.39, 0.29) is 66.2 Å².